The SMILES string of the molecule is CSC1CCC(NC(=O)CC(C)c2ccc(N)cc2)CC1. The maximum absolute atomic E-state index is 12.2. The number of hydrogen-bond acceptors (Lipinski definition) is 3. The van der Waals surface area contributed by atoms with Crippen LogP contribution in [0.2, 0.25) is 0 Å². The van der Waals surface area contributed by atoms with Gasteiger partial charge in [0.05, 0.1) is 0 Å². The summed E-state index contributed by atoms with van der Waals surface area (Å²) in [6.45, 7) is 2.09. The number of nitrogens with two attached hydrogens (primary N) is 1. The van der Waals surface area contributed by atoms with Crippen LogP contribution in [0.25, 0.3) is 0 Å². The summed E-state index contributed by atoms with van der Waals surface area (Å²) in [5, 5.41) is 3.99. The van der Waals surface area contributed by atoms with E-state index in [2.05, 4.69) is 18.5 Å². The molecule has 0 aliphatic heterocycles. The van der Waals surface area contributed by atoms with Crippen molar-refractivity contribution >= 4 is 23.4 Å². The molecule has 1 amide bonds. The number of amides is 1. The molecule has 0 saturated heterocycles. The molecule has 1 aliphatic carbocycles. The van der Waals surface area contributed by atoms with Crippen molar-refractivity contribution in [3.8, 4) is 0 Å². The standard InChI is InChI=1S/C17H26N2OS/c1-12(13-3-5-14(18)6-4-13)11-17(20)19-15-7-9-16(21-2)10-8-15/h3-6,12,15-16H,7-11,18H2,1-2H3,(H,19,20). The number of benzene rings is 1. The lowest BCUT2D eigenvalue weighted by Gasteiger charge is -2.28. The molecule has 0 heterocycles. The second-order valence-electron chi connectivity index (χ2n) is 6.05. The van der Waals surface area contributed by atoms with Crippen LogP contribution in [-0.2, 0) is 4.79 Å². The van der Waals surface area contributed by atoms with Gasteiger partial charge >= 0.3 is 0 Å². The third kappa shape index (κ3) is 4.95. The van der Waals surface area contributed by atoms with Crippen LogP contribution in [0.3, 0.4) is 0 Å². The third-order valence-corrected chi connectivity index (χ3v) is 5.51. The topological polar surface area (TPSA) is 55.1 Å². The summed E-state index contributed by atoms with van der Waals surface area (Å²) in [5.74, 6) is 0.403. The third-order valence-electron chi connectivity index (χ3n) is 4.37. The highest BCUT2D eigenvalue weighted by molar-refractivity contribution is 7.99. The first-order chi connectivity index (χ1) is 10.1. The molecule has 1 saturated carbocycles. The summed E-state index contributed by atoms with van der Waals surface area (Å²) in [7, 11) is 0. The van der Waals surface area contributed by atoms with Crippen LogP contribution in [-0.4, -0.2) is 23.5 Å². The predicted octanol–water partition coefficient (Wildman–Crippen LogP) is 3.55. The summed E-state index contributed by atoms with van der Waals surface area (Å²) in [5.41, 5.74) is 7.63. The van der Waals surface area contributed by atoms with E-state index in [1.54, 1.807) is 0 Å². The number of thioether (sulfide) groups is 1. The molecule has 1 aliphatic rings. The van der Waals surface area contributed by atoms with Gasteiger partial charge in [-0.2, -0.15) is 11.8 Å². The summed E-state index contributed by atoms with van der Waals surface area (Å²) < 4.78 is 0. The van der Waals surface area contributed by atoms with E-state index in [0.29, 0.717) is 12.5 Å². The summed E-state index contributed by atoms with van der Waals surface area (Å²) in [4.78, 5) is 12.2. The molecule has 1 aromatic rings. The van der Waals surface area contributed by atoms with Crippen molar-refractivity contribution in [1.82, 2.24) is 5.32 Å². The fourth-order valence-electron chi connectivity index (χ4n) is 2.95. The molecule has 116 valence electrons. The fourth-order valence-corrected chi connectivity index (χ4v) is 3.69. The van der Waals surface area contributed by atoms with Crippen molar-refractivity contribution in [2.24, 2.45) is 0 Å². The quantitative estimate of drug-likeness (QED) is 0.818. The lowest BCUT2D eigenvalue weighted by Crippen LogP contribution is -2.38. The average Bonchev–Trinajstić information content (AvgIpc) is 2.48. The van der Waals surface area contributed by atoms with Crippen LogP contribution in [0.1, 0.15) is 50.5 Å². The molecule has 4 heteroatoms. The van der Waals surface area contributed by atoms with E-state index in [9.17, 15) is 4.79 Å². The van der Waals surface area contributed by atoms with E-state index >= 15 is 0 Å². The van der Waals surface area contributed by atoms with Crippen LogP contribution in [0.15, 0.2) is 24.3 Å². The van der Waals surface area contributed by atoms with Gasteiger partial charge in [-0.3, -0.25) is 4.79 Å². The molecule has 0 radical (unpaired) electrons. The minimum Gasteiger partial charge on any atom is -0.399 e. The molecule has 3 N–H and O–H groups in total. The molecule has 3 nitrogen and oxygen atoms in total. The molecule has 1 fully saturated rings. The van der Waals surface area contributed by atoms with Crippen molar-refractivity contribution in [3.63, 3.8) is 0 Å². The normalized spacial score (nSPS) is 23.5. The Kier molecular flexibility index (Phi) is 5.97. The lowest BCUT2D eigenvalue weighted by molar-refractivity contribution is -0.122. The molecule has 0 bridgehead atoms. The molecule has 1 atom stereocenters. The number of nitrogen functional groups attached to an aromatic ring is 1. The van der Waals surface area contributed by atoms with Gasteiger partial charge in [0.2, 0.25) is 5.91 Å². The Bertz CT molecular complexity index is 452. The molecule has 2 rings (SSSR count). The van der Waals surface area contributed by atoms with Gasteiger partial charge in [0.1, 0.15) is 0 Å². The molecular weight excluding hydrogens is 280 g/mol. The predicted molar refractivity (Wildman–Crippen MR) is 91.6 cm³/mol. The Morgan fingerprint density at radius 1 is 1.29 bits per heavy atom. The minimum atomic E-state index is 0.173. The Morgan fingerprint density at radius 2 is 1.90 bits per heavy atom. The van der Waals surface area contributed by atoms with Crippen molar-refractivity contribution in [3.05, 3.63) is 29.8 Å². The van der Waals surface area contributed by atoms with E-state index in [0.717, 1.165) is 23.8 Å². The number of anilines is 1. The van der Waals surface area contributed by atoms with Crippen molar-refractivity contribution in [1.29, 1.82) is 0 Å². The number of carbonyl (C=O) groups is 1. The van der Waals surface area contributed by atoms with Gasteiger partial charge in [-0.05, 0) is 55.6 Å². The van der Waals surface area contributed by atoms with Gasteiger partial charge in [-0.1, -0.05) is 19.1 Å². The second kappa shape index (κ2) is 7.74. The maximum atomic E-state index is 12.2. The number of nitrogens with one attached hydrogen (secondary N) is 1. The first kappa shape index (κ1) is 16.2. The van der Waals surface area contributed by atoms with Crippen molar-refractivity contribution in [2.75, 3.05) is 12.0 Å². The van der Waals surface area contributed by atoms with Crippen LogP contribution >= 0.6 is 11.8 Å². The van der Waals surface area contributed by atoms with E-state index in [-0.39, 0.29) is 11.8 Å². The highest BCUT2D eigenvalue weighted by atomic mass is 32.2. The lowest BCUT2D eigenvalue weighted by atomic mass is 9.93. The molecule has 1 unspecified atom stereocenters. The first-order valence-corrected chi connectivity index (χ1v) is 9.05. The Hall–Kier alpha value is -1.16. The largest absolute Gasteiger partial charge is 0.399 e. The highest BCUT2D eigenvalue weighted by Crippen LogP contribution is 2.27. The van der Waals surface area contributed by atoms with Crippen molar-refractivity contribution < 1.29 is 4.79 Å². The maximum Gasteiger partial charge on any atom is 0.220 e. The van der Waals surface area contributed by atoms with Gasteiger partial charge in [0.15, 0.2) is 0 Å². The second-order valence-corrected chi connectivity index (χ2v) is 7.19. The van der Waals surface area contributed by atoms with E-state index in [1.165, 1.54) is 18.4 Å². The van der Waals surface area contributed by atoms with E-state index in [1.807, 2.05) is 36.0 Å². The molecule has 21 heavy (non-hydrogen) atoms. The number of carbonyl (C=O) groups excluding carboxylic acids is 1. The van der Waals surface area contributed by atoms with Gasteiger partial charge < -0.3 is 11.1 Å². The molecule has 0 aromatic heterocycles. The Labute approximate surface area is 132 Å². The van der Waals surface area contributed by atoms with Gasteiger partial charge in [-0.25, -0.2) is 0 Å². The van der Waals surface area contributed by atoms with Crippen LogP contribution in [0, 0.1) is 0 Å². The first-order valence-electron chi connectivity index (χ1n) is 7.76. The summed E-state index contributed by atoms with van der Waals surface area (Å²) in [6.07, 6.45) is 7.41. The Morgan fingerprint density at radius 3 is 2.48 bits per heavy atom. The van der Waals surface area contributed by atoms with Gasteiger partial charge in [-0.15, -0.1) is 0 Å². The van der Waals surface area contributed by atoms with Crippen molar-refractivity contribution in [2.45, 2.75) is 56.2 Å². The molecular formula is C17H26N2OS. The van der Waals surface area contributed by atoms with Crippen LogP contribution in [0.4, 0.5) is 5.69 Å². The van der Waals surface area contributed by atoms with Gasteiger partial charge in [0.25, 0.3) is 0 Å². The van der Waals surface area contributed by atoms with Crippen LogP contribution in [0.5, 0.6) is 0 Å². The Balaban J connectivity index is 1.78. The fraction of sp³-hybridized carbons (Fsp3) is 0.588. The zero-order valence-corrected chi connectivity index (χ0v) is 13.8. The number of hydrogen-bond donors (Lipinski definition) is 2. The van der Waals surface area contributed by atoms with E-state index < -0.39 is 0 Å². The summed E-state index contributed by atoms with van der Waals surface area (Å²) in [6, 6.07) is 8.19. The smallest absolute Gasteiger partial charge is 0.220 e. The van der Waals surface area contributed by atoms with E-state index in [4.69, 9.17) is 5.73 Å². The monoisotopic (exact) mass is 306 g/mol. The average molecular weight is 306 g/mol. The minimum absolute atomic E-state index is 0.173. The number of rotatable bonds is 5. The van der Waals surface area contributed by atoms with Gasteiger partial charge in [0, 0.05) is 23.4 Å². The highest BCUT2D eigenvalue weighted by Gasteiger charge is 2.22. The zero-order chi connectivity index (χ0) is 15.2. The zero-order valence-electron chi connectivity index (χ0n) is 13.0. The summed E-state index contributed by atoms with van der Waals surface area (Å²) >= 11 is 1.95. The molecule has 0 spiro atoms. The van der Waals surface area contributed by atoms with Crippen LogP contribution < -0.4 is 11.1 Å². The molecule has 1 aromatic carbocycles.